The van der Waals surface area contributed by atoms with Crippen LogP contribution in [0.25, 0.3) is 0 Å². The zero-order chi connectivity index (χ0) is 15.7. The van der Waals surface area contributed by atoms with Crippen LogP contribution in [0.3, 0.4) is 0 Å². The highest BCUT2D eigenvalue weighted by molar-refractivity contribution is 5.81. The molecule has 1 amide bonds. The van der Waals surface area contributed by atoms with Crippen LogP contribution in [0.15, 0.2) is 18.2 Å². The lowest BCUT2D eigenvalue weighted by molar-refractivity contribution is -0.129. The molecule has 0 unspecified atom stereocenters. The van der Waals surface area contributed by atoms with E-state index in [0.29, 0.717) is 18.4 Å². The number of amides is 1. The van der Waals surface area contributed by atoms with Crippen molar-refractivity contribution in [1.29, 1.82) is 0 Å². The van der Waals surface area contributed by atoms with E-state index in [1.54, 1.807) is 0 Å². The monoisotopic (exact) mass is 301 g/mol. The largest absolute Gasteiger partial charge is 0.481 e. The van der Waals surface area contributed by atoms with E-state index >= 15 is 0 Å². The van der Waals surface area contributed by atoms with Gasteiger partial charge in [-0.3, -0.25) is 4.79 Å². The Balaban J connectivity index is 1.60. The molecule has 0 aliphatic heterocycles. The molecule has 22 heavy (non-hydrogen) atoms. The van der Waals surface area contributed by atoms with Crippen LogP contribution >= 0.6 is 0 Å². The smallest absolute Gasteiger partial charge is 0.261 e. The standard InChI is InChI=1S/C19H27NO2/c1-4-18(22-16-8-5-12(2)13(3)9-16)19(21)20-17-11-14-6-7-15(17)10-14/h5,8-9,14-15,17-18H,4,6-7,10-11H2,1-3H3,(H,20,21)/t14-,15-,17+,18+/m1/s1. The quantitative estimate of drug-likeness (QED) is 0.899. The summed E-state index contributed by atoms with van der Waals surface area (Å²) >= 11 is 0. The fourth-order valence-electron chi connectivity index (χ4n) is 3.97. The average molecular weight is 301 g/mol. The molecule has 2 aliphatic carbocycles. The molecule has 3 rings (SSSR count). The van der Waals surface area contributed by atoms with Crippen LogP contribution in [0.4, 0.5) is 0 Å². The predicted octanol–water partition coefficient (Wildman–Crippen LogP) is 3.77. The molecule has 3 heteroatoms. The Labute approximate surface area is 133 Å². The van der Waals surface area contributed by atoms with Crippen LogP contribution in [0.1, 0.15) is 50.2 Å². The van der Waals surface area contributed by atoms with Gasteiger partial charge >= 0.3 is 0 Å². The Kier molecular flexibility index (Phi) is 4.42. The lowest BCUT2D eigenvalue weighted by atomic mass is 9.95. The molecule has 4 atom stereocenters. The maximum atomic E-state index is 12.5. The molecule has 3 nitrogen and oxygen atoms in total. The maximum Gasteiger partial charge on any atom is 0.261 e. The molecule has 1 N–H and O–H groups in total. The van der Waals surface area contributed by atoms with Gasteiger partial charge in [0.15, 0.2) is 6.10 Å². The Bertz CT molecular complexity index is 554. The van der Waals surface area contributed by atoms with Crippen LogP contribution in [0, 0.1) is 25.7 Å². The van der Waals surface area contributed by atoms with E-state index in [2.05, 4.69) is 19.2 Å². The fraction of sp³-hybridized carbons (Fsp3) is 0.632. The second kappa shape index (κ2) is 6.31. The zero-order valence-corrected chi connectivity index (χ0v) is 13.9. The van der Waals surface area contributed by atoms with E-state index in [0.717, 1.165) is 18.1 Å². The minimum atomic E-state index is -0.388. The van der Waals surface area contributed by atoms with Crippen molar-refractivity contribution in [3.63, 3.8) is 0 Å². The molecule has 1 aromatic rings. The van der Waals surface area contributed by atoms with Crippen LogP contribution in [-0.2, 0) is 4.79 Å². The van der Waals surface area contributed by atoms with Crippen molar-refractivity contribution in [2.45, 2.75) is 65.0 Å². The summed E-state index contributed by atoms with van der Waals surface area (Å²) in [4.78, 5) is 12.5. The highest BCUT2D eigenvalue weighted by Crippen LogP contribution is 2.44. The second-order valence-corrected chi connectivity index (χ2v) is 7.05. The first-order chi connectivity index (χ1) is 10.6. The van der Waals surface area contributed by atoms with Crippen molar-refractivity contribution in [2.24, 2.45) is 11.8 Å². The SMILES string of the molecule is CC[C@H](Oc1ccc(C)c(C)c1)C(=O)N[C@H]1C[C@@H]2CC[C@@H]1C2. The number of hydrogen-bond acceptors (Lipinski definition) is 2. The molecule has 2 fully saturated rings. The van der Waals surface area contributed by atoms with Gasteiger partial charge in [-0.25, -0.2) is 0 Å². The number of aryl methyl sites for hydroxylation is 2. The van der Waals surface area contributed by atoms with Gasteiger partial charge in [-0.1, -0.05) is 19.4 Å². The summed E-state index contributed by atoms with van der Waals surface area (Å²) in [6.07, 6.45) is 5.41. The van der Waals surface area contributed by atoms with E-state index < -0.39 is 0 Å². The highest BCUT2D eigenvalue weighted by atomic mass is 16.5. The molecule has 2 bridgehead atoms. The summed E-state index contributed by atoms with van der Waals surface area (Å²) in [6.45, 7) is 6.16. The number of rotatable bonds is 5. The number of benzene rings is 1. The van der Waals surface area contributed by atoms with Gasteiger partial charge in [0.2, 0.25) is 0 Å². The number of nitrogens with one attached hydrogen (secondary N) is 1. The molecule has 2 aliphatic rings. The number of carbonyl (C=O) groups excluding carboxylic acids is 1. The predicted molar refractivity (Wildman–Crippen MR) is 88.0 cm³/mol. The summed E-state index contributed by atoms with van der Waals surface area (Å²) in [5.41, 5.74) is 2.44. The summed E-state index contributed by atoms with van der Waals surface area (Å²) in [5.74, 6) is 2.39. The van der Waals surface area contributed by atoms with E-state index in [-0.39, 0.29) is 12.0 Å². The van der Waals surface area contributed by atoms with Crippen molar-refractivity contribution in [3.05, 3.63) is 29.3 Å². The maximum absolute atomic E-state index is 12.5. The minimum absolute atomic E-state index is 0.0540. The summed E-state index contributed by atoms with van der Waals surface area (Å²) in [5, 5.41) is 3.24. The lowest BCUT2D eigenvalue weighted by Crippen LogP contribution is -2.45. The Hall–Kier alpha value is -1.51. The summed E-state index contributed by atoms with van der Waals surface area (Å²) < 4.78 is 5.94. The normalized spacial score (nSPS) is 27.7. The van der Waals surface area contributed by atoms with Crippen molar-refractivity contribution in [1.82, 2.24) is 5.32 Å². The van der Waals surface area contributed by atoms with Gasteiger partial charge in [0, 0.05) is 6.04 Å². The first-order valence-corrected chi connectivity index (χ1v) is 8.61. The first kappa shape index (κ1) is 15.4. The molecule has 0 aromatic heterocycles. The van der Waals surface area contributed by atoms with Crippen molar-refractivity contribution >= 4 is 5.91 Å². The third-order valence-electron chi connectivity index (χ3n) is 5.49. The molecule has 1 aromatic carbocycles. The van der Waals surface area contributed by atoms with Crippen LogP contribution < -0.4 is 10.1 Å². The molecule has 120 valence electrons. The number of fused-ring (bicyclic) bond motifs is 2. The lowest BCUT2D eigenvalue weighted by Gasteiger charge is -2.25. The number of ether oxygens (including phenoxy) is 1. The zero-order valence-electron chi connectivity index (χ0n) is 13.9. The first-order valence-electron chi connectivity index (χ1n) is 8.61. The topological polar surface area (TPSA) is 38.3 Å². The Morgan fingerprint density at radius 1 is 1.27 bits per heavy atom. The van der Waals surface area contributed by atoms with E-state index in [4.69, 9.17) is 4.74 Å². The van der Waals surface area contributed by atoms with Crippen molar-refractivity contribution in [3.8, 4) is 5.75 Å². The molecule has 0 spiro atoms. The van der Waals surface area contributed by atoms with Gasteiger partial charge < -0.3 is 10.1 Å². The third kappa shape index (κ3) is 3.13. The molecule has 0 radical (unpaired) electrons. The van der Waals surface area contributed by atoms with Gasteiger partial charge in [-0.05, 0) is 74.6 Å². The van der Waals surface area contributed by atoms with E-state index in [1.807, 2.05) is 25.1 Å². The van der Waals surface area contributed by atoms with Crippen molar-refractivity contribution in [2.75, 3.05) is 0 Å². The fourth-order valence-corrected chi connectivity index (χ4v) is 3.97. The average Bonchev–Trinajstić information content (AvgIpc) is 3.10. The number of hydrogen-bond donors (Lipinski definition) is 1. The second-order valence-electron chi connectivity index (χ2n) is 7.05. The third-order valence-corrected chi connectivity index (χ3v) is 5.49. The molecule has 0 heterocycles. The molecular formula is C19H27NO2. The van der Waals surface area contributed by atoms with Crippen LogP contribution in [0.5, 0.6) is 5.75 Å². The summed E-state index contributed by atoms with van der Waals surface area (Å²) in [6, 6.07) is 6.40. The molecule has 2 saturated carbocycles. The van der Waals surface area contributed by atoms with Gasteiger partial charge in [0.05, 0.1) is 0 Å². The van der Waals surface area contributed by atoms with Gasteiger partial charge in [0.1, 0.15) is 5.75 Å². The van der Waals surface area contributed by atoms with Gasteiger partial charge in [0.25, 0.3) is 5.91 Å². The van der Waals surface area contributed by atoms with Crippen LogP contribution in [-0.4, -0.2) is 18.1 Å². The van der Waals surface area contributed by atoms with Gasteiger partial charge in [-0.15, -0.1) is 0 Å². The Morgan fingerprint density at radius 2 is 2.09 bits per heavy atom. The minimum Gasteiger partial charge on any atom is -0.481 e. The van der Waals surface area contributed by atoms with Crippen molar-refractivity contribution < 1.29 is 9.53 Å². The van der Waals surface area contributed by atoms with Gasteiger partial charge in [-0.2, -0.15) is 0 Å². The highest BCUT2D eigenvalue weighted by Gasteiger charge is 2.40. The molecular weight excluding hydrogens is 274 g/mol. The van der Waals surface area contributed by atoms with E-state index in [1.165, 1.54) is 30.4 Å². The molecule has 0 saturated heterocycles. The Morgan fingerprint density at radius 3 is 2.68 bits per heavy atom. The van der Waals surface area contributed by atoms with Crippen LogP contribution in [0.2, 0.25) is 0 Å². The summed E-state index contributed by atoms with van der Waals surface area (Å²) in [7, 11) is 0. The van der Waals surface area contributed by atoms with E-state index in [9.17, 15) is 4.79 Å². The number of carbonyl (C=O) groups is 1.